The monoisotopic (exact) mass is 346 g/mol. The van der Waals surface area contributed by atoms with E-state index in [1.807, 2.05) is 53.3 Å². The van der Waals surface area contributed by atoms with E-state index in [1.165, 1.54) is 5.56 Å². The minimum atomic E-state index is 0.313. The molecule has 0 aliphatic heterocycles. The molecule has 0 spiro atoms. The van der Waals surface area contributed by atoms with Gasteiger partial charge in [0.15, 0.2) is 0 Å². The van der Waals surface area contributed by atoms with Gasteiger partial charge in [-0.2, -0.15) is 10.4 Å². The molecule has 0 saturated heterocycles. The summed E-state index contributed by atoms with van der Waals surface area (Å²) in [5, 5.41) is 16.7. The zero-order valence-corrected chi connectivity index (χ0v) is 14.8. The van der Waals surface area contributed by atoms with Crippen LogP contribution in [0.1, 0.15) is 23.6 Å². The van der Waals surface area contributed by atoms with Crippen molar-refractivity contribution in [3.05, 3.63) is 83.7 Å². The lowest BCUT2D eigenvalue weighted by atomic mass is 10.1. The second-order valence-corrected chi connectivity index (χ2v) is 6.26. The van der Waals surface area contributed by atoms with E-state index in [1.54, 1.807) is 12.3 Å². The smallest absolute Gasteiger partial charge is 0.120 e. The van der Waals surface area contributed by atoms with Crippen molar-refractivity contribution in [2.75, 3.05) is 0 Å². The first-order valence-corrected chi connectivity index (χ1v) is 8.64. The van der Waals surface area contributed by atoms with E-state index in [4.69, 9.17) is 10.00 Å². The molecule has 1 atom stereocenters. The van der Waals surface area contributed by atoms with Crippen LogP contribution in [-0.2, 0) is 19.7 Å². The SMILES string of the molecule is C[C@H](Cn1cccn1)NCc1cccc(OCc2cccc(C#N)c2)c1. The van der Waals surface area contributed by atoms with E-state index < -0.39 is 0 Å². The third kappa shape index (κ3) is 5.20. The number of ether oxygens (including phenoxy) is 1. The lowest BCUT2D eigenvalue weighted by Gasteiger charge is -2.14. The fourth-order valence-electron chi connectivity index (χ4n) is 2.69. The van der Waals surface area contributed by atoms with Crippen LogP contribution < -0.4 is 10.1 Å². The third-order valence-corrected chi connectivity index (χ3v) is 4.03. The topological polar surface area (TPSA) is 62.9 Å². The maximum Gasteiger partial charge on any atom is 0.120 e. The van der Waals surface area contributed by atoms with Crippen molar-refractivity contribution in [3.8, 4) is 11.8 Å². The molecule has 26 heavy (non-hydrogen) atoms. The van der Waals surface area contributed by atoms with Crippen LogP contribution in [0.15, 0.2) is 67.0 Å². The average molecular weight is 346 g/mol. The first-order chi connectivity index (χ1) is 12.7. The molecular formula is C21H22N4O. The fourth-order valence-corrected chi connectivity index (χ4v) is 2.69. The molecule has 1 N–H and O–H groups in total. The molecule has 0 unspecified atom stereocenters. The Morgan fingerprint density at radius 3 is 2.81 bits per heavy atom. The summed E-state index contributed by atoms with van der Waals surface area (Å²) in [5.74, 6) is 0.825. The summed E-state index contributed by atoms with van der Waals surface area (Å²) in [5.41, 5.74) is 2.80. The number of aromatic nitrogens is 2. The van der Waals surface area contributed by atoms with Crippen molar-refractivity contribution >= 4 is 0 Å². The minimum Gasteiger partial charge on any atom is -0.489 e. The number of hydrogen-bond acceptors (Lipinski definition) is 4. The van der Waals surface area contributed by atoms with Crippen molar-refractivity contribution in [3.63, 3.8) is 0 Å². The summed E-state index contributed by atoms with van der Waals surface area (Å²) in [6.07, 6.45) is 3.76. The first kappa shape index (κ1) is 17.7. The highest BCUT2D eigenvalue weighted by Gasteiger charge is 2.04. The van der Waals surface area contributed by atoms with Crippen LogP contribution in [0.3, 0.4) is 0 Å². The van der Waals surface area contributed by atoms with Crippen molar-refractivity contribution in [2.45, 2.75) is 32.7 Å². The predicted molar refractivity (Wildman–Crippen MR) is 100 cm³/mol. The van der Waals surface area contributed by atoms with Gasteiger partial charge in [0, 0.05) is 25.0 Å². The zero-order valence-electron chi connectivity index (χ0n) is 14.8. The first-order valence-electron chi connectivity index (χ1n) is 8.64. The molecule has 3 rings (SSSR count). The van der Waals surface area contributed by atoms with Gasteiger partial charge in [-0.15, -0.1) is 0 Å². The maximum atomic E-state index is 8.97. The van der Waals surface area contributed by atoms with Crippen molar-refractivity contribution in [1.29, 1.82) is 5.26 Å². The number of hydrogen-bond donors (Lipinski definition) is 1. The van der Waals surface area contributed by atoms with Crippen LogP contribution in [0.4, 0.5) is 0 Å². The zero-order chi connectivity index (χ0) is 18.2. The Morgan fingerprint density at radius 2 is 2.00 bits per heavy atom. The van der Waals surface area contributed by atoms with Gasteiger partial charge in [0.05, 0.1) is 18.2 Å². The van der Waals surface area contributed by atoms with Gasteiger partial charge in [0.1, 0.15) is 12.4 Å². The Bertz CT molecular complexity index is 868. The highest BCUT2D eigenvalue weighted by molar-refractivity contribution is 5.33. The summed E-state index contributed by atoms with van der Waals surface area (Å²) < 4.78 is 7.80. The molecular weight excluding hydrogens is 324 g/mol. The Morgan fingerprint density at radius 1 is 1.15 bits per heavy atom. The van der Waals surface area contributed by atoms with Gasteiger partial charge in [0.25, 0.3) is 0 Å². The summed E-state index contributed by atoms with van der Waals surface area (Å²) in [6, 6.07) is 19.9. The highest BCUT2D eigenvalue weighted by Crippen LogP contribution is 2.16. The Hall–Kier alpha value is -3.10. The third-order valence-electron chi connectivity index (χ3n) is 4.03. The lowest BCUT2D eigenvalue weighted by molar-refractivity contribution is 0.305. The summed E-state index contributed by atoms with van der Waals surface area (Å²) in [4.78, 5) is 0. The van der Waals surface area contributed by atoms with Gasteiger partial charge in [-0.05, 0) is 48.4 Å². The predicted octanol–water partition coefficient (Wildman–Crippen LogP) is 3.51. The lowest BCUT2D eigenvalue weighted by Crippen LogP contribution is -2.30. The molecule has 0 radical (unpaired) electrons. The van der Waals surface area contributed by atoms with E-state index in [2.05, 4.69) is 29.5 Å². The molecule has 0 aliphatic carbocycles. The average Bonchev–Trinajstić information content (AvgIpc) is 3.18. The molecule has 2 aromatic carbocycles. The normalized spacial score (nSPS) is 11.7. The fraction of sp³-hybridized carbons (Fsp3) is 0.238. The van der Waals surface area contributed by atoms with Gasteiger partial charge in [-0.25, -0.2) is 0 Å². The second-order valence-electron chi connectivity index (χ2n) is 6.26. The van der Waals surface area contributed by atoms with Crippen molar-refractivity contribution < 1.29 is 4.74 Å². The molecule has 132 valence electrons. The van der Waals surface area contributed by atoms with Gasteiger partial charge < -0.3 is 10.1 Å². The molecule has 5 heteroatoms. The standard InChI is InChI=1S/C21H22N4O/c1-17(15-25-10-4-9-24-25)23-14-19-6-3-8-21(12-19)26-16-20-7-2-5-18(11-20)13-22/h2-12,17,23H,14-16H2,1H3/t17-/m1/s1. The number of benzene rings is 2. The van der Waals surface area contributed by atoms with Crippen LogP contribution in [0.25, 0.3) is 0 Å². The Labute approximate surface area is 153 Å². The van der Waals surface area contributed by atoms with Crippen LogP contribution in [0.2, 0.25) is 0 Å². The van der Waals surface area contributed by atoms with Crippen LogP contribution in [0.5, 0.6) is 5.75 Å². The van der Waals surface area contributed by atoms with Crippen LogP contribution in [-0.4, -0.2) is 15.8 Å². The molecule has 0 fully saturated rings. The van der Waals surface area contributed by atoms with Gasteiger partial charge >= 0.3 is 0 Å². The number of rotatable bonds is 8. The van der Waals surface area contributed by atoms with E-state index in [0.29, 0.717) is 18.2 Å². The highest BCUT2D eigenvalue weighted by atomic mass is 16.5. The summed E-state index contributed by atoms with van der Waals surface area (Å²) in [7, 11) is 0. The maximum absolute atomic E-state index is 8.97. The molecule has 3 aromatic rings. The molecule has 0 saturated carbocycles. The largest absolute Gasteiger partial charge is 0.489 e. The molecule has 1 heterocycles. The molecule has 5 nitrogen and oxygen atoms in total. The quantitative estimate of drug-likeness (QED) is 0.678. The van der Waals surface area contributed by atoms with Gasteiger partial charge in [-0.1, -0.05) is 24.3 Å². The minimum absolute atomic E-state index is 0.313. The van der Waals surface area contributed by atoms with E-state index in [-0.39, 0.29) is 0 Å². The molecule has 0 bridgehead atoms. The second kappa shape index (κ2) is 8.84. The van der Waals surface area contributed by atoms with Crippen molar-refractivity contribution in [2.24, 2.45) is 0 Å². The Kier molecular flexibility index (Phi) is 6.02. The number of nitriles is 1. The van der Waals surface area contributed by atoms with E-state index in [0.717, 1.165) is 24.4 Å². The van der Waals surface area contributed by atoms with E-state index in [9.17, 15) is 0 Å². The molecule has 0 amide bonds. The van der Waals surface area contributed by atoms with Gasteiger partial charge in [-0.3, -0.25) is 4.68 Å². The van der Waals surface area contributed by atoms with E-state index >= 15 is 0 Å². The Balaban J connectivity index is 1.52. The molecule has 1 aromatic heterocycles. The van der Waals surface area contributed by atoms with Crippen molar-refractivity contribution in [1.82, 2.24) is 15.1 Å². The molecule has 0 aliphatic rings. The number of nitrogens with zero attached hydrogens (tertiary/aromatic N) is 3. The summed E-state index contributed by atoms with van der Waals surface area (Å²) in [6.45, 7) is 4.19. The van der Waals surface area contributed by atoms with Gasteiger partial charge in [0.2, 0.25) is 0 Å². The van der Waals surface area contributed by atoms with Crippen LogP contribution >= 0.6 is 0 Å². The van der Waals surface area contributed by atoms with Crippen LogP contribution in [0, 0.1) is 11.3 Å². The number of nitrogens with one attached hydrogen (secondary N) is 1. The summed E-state index contributed by atoms with van der Waals surface area (Å²) >= 11 is 0.